The number of hydrogen-bond donors (Lipinski definition) is 2. The minimum absolute atomic E-state index is 0.293. The zero-order valence-electron chi connectivity index (χ0n) is 21.7. The third kappa shape index (κ3) is 6.03. The van der Waals surface area contributed by atoms with Gasteiger partial charge in [-0.1, -0.05) is 61.3 Å². The third-order valence-corrected chi connectivity index (χ3v) is 10.3. The normalized spacial score (nSPS) is 25.7. The van der Waals surface area contributed by atoms with Crippen LogP contribution in [0, 0.1) is 5.41 Å². The van der Waals surface area contributed by atoms with Crippen molar-refractivity contribution in [3.05, 3.63) is 69.7 Å². The van der Waals surface area contributed by atoms with Gasteiger partial charge in [-0.25, -0.2) is 13.1 Å². The number of likely N-dealkylation sites (tertiary alicyclic amines) is 1. The fraction of sp³-hybridized carbons (Fsp3) is 0.500. The molecule has 2 N–H and O–H groups in total. The smallest absolute Gasteiger partial charge is 0.304 e. The van der Waals surface area contributed by atoms with E-state index >= 15 is 0 Å². The minimum Gasteiger partial charge on any atom is -0.481 e. The second kappa shape index (κ2) is 11.2. The summed E-state index contributed by atoms with van der Waals surface area (Å²) >= 11 is 12.6. The fourth-order valence-corrected chi connectivity index (χ4v) is 7.80. The number of piperidine rings is 1. The van der Waals surface area contributed by atoms with E-state index in [9.17, 15) is 23.1 Å². The standard InChI is InChI=1S/C28H34Cl2N2O5S/c1-4-24(17(2)31-38(36,37)22-12-13-22)32-26(18-8-10-20(29)11-9-18)23(19-6-5-7-21(30)14-19)15-28(3,27(32)35)16-25(33)34/h5-11,14,17,22-24,26,31H,4,12-13,15-16H2,1-3H3,(H,33,34)/t17-,23+,24-,26+,28-/m0/s1. The van der Waals surface area contributed by atoms with E-state index in [1.807, 2.05) is 37.3 Å². The van der Waals surface area contributed by atoms with Crippen LogP contribution in [-0.2, 0) is 19.6 Å². The second-order valence-corrected chi connectivity index (χ2v) is 13.7. The molecule has 2 fully saturated rings. The van der Waals surface area contributed by atoms with Crippen LogP contribution < -0.4 is 4.72 Å². The fourth-order valence-electron chi connectivity index (χ4n) is 5.85. The third-order valence-electron chi connectivity index (χ3n) is 7.80. The van der Waals surface area contributed by atoms with Crippen molar-refractivity contribution in [1.82, 2.24) is 9.62 Å². The SMILES string of the molecule is CC[C@@H]([C@H](C)NS(=O)(=O)C1CC1)N1C(=O)[C@](C)(CC(=O)O)C[C@H](c2cccc(Cl)c2)[C@H]1c1ccc(Cl)cc1. The monoisotopic (exact) mass is 580 g/mol. The van der Waals surface area contributed by atoms with Crippen molar-refractivity contribution in [2.45, 2.75) is 82.2 Å². The van der Waals surface area contributed by atoms with Crippen LogP contribution in [0.2, 0.25) is 10.0 Å². The topological polar surface area (TPSA) is 104 Å². The van der Waals surface area contributed by atoms with E-state index in [4.69, 9.17) is 23.2 Å². The molecule has 0 spiro atoms. The van der Waals surface area contributed by atoms with Gasteiger partial charge in [0.05, 0.1) is 23.1 Å². The Kier molecular flexibility index (Phi) is 8.48. The summed E-state index contributed by atoms with van der Waals surface area (Å²) in [4.78, 5) is 28.0. The highest BCUT2D eigenvalue weighted by molar-refractivity contribution is 7.90. The van der Waals surface area contributed by atoms with Crippen LogP contribution in [0.5, 0.6) is 0 Å². The van der Waals surface area contributed by atoms with E-state index in [-0.39, 0.29) is 18.2 Å². The van der Waals surface area contributed by atoms with Gasteiger partial charge in [0, 0.05) is 28.0 Å². The number of carboxylic acids is 1. The first-order valence-electron chi connectivity index (χ1n) is 12.9. The van der Waals surface area contributed by atoms with E-state index in [1.165, 1.54) is 0 Å². The molecule has 1 heterocycles. The van der Waals surface area contributed by atoms with Crippen LogP contribution in [0.4, 0.5) is 0 Å². The van der Waals surface area contributed by atoms with Gasteiger partial charge in [0.15, 0.2) is 0 Å². The van der Waals surface area contributed by atoms with Gasteiger partial charge in [0.25, 0.3) is 0 Å². The van der Waals surface area contributed by atoms with Crippen LogP contribution in [0.1, 0.15) is 76.0 Å². The van der Waals surface area contributed by atoms with E-state index in [2.05, 4.69) is 4.72 Å². The van der Waals surface area contributed by atoms with Crippen molar-refractivity contribution in [3.63, 3.8) is 0 Å². The average molecular weight is 582 g/mol. The Hall–Kier alpha value is -2.13. The minimum atomic E-state index is -3.52. The molecule has 206 valence electrons. The van der Waals surface area contributed by atoms with Gasteiger partial charge in [-0.05, 0) is 68.0 Å². The molecule has 0 unspecified atom stereocenters. The molecule has 4 rings (SSSR count). The molecule has 1 saturated carbocycles. The molecule has 1 aliphatic heterocycles. The van der Waals surface area contributed by atoms with Crippen LogP contribution in [0.25, 0.3) is 0 Å². The first-order chi connectivity index (χ1) is 17.9. The molecule has 0 aromatic heterocycles. The second-order valence-electron chi connectivity index (χ2n) is 10.8. The van der Waals surface area contributed by atoms with Gasteiger partial charge >= 0.3 is 5.97 Å². The molecular weight excluding hydrogens is 547 g/mol. The predicted molar refractivity (Wildman–Crippen MR) is 149 cm³/mol. The molecule has 0 bridgehead atoms. The van der Waals surface area contributed by atoms with E-state index in [0.717, 1.165) is 11.1 Å². The Labute approximate surface area is 234 Å². The van der Waals surface area contributed by atoms with E-state index in [1.54, 1.807) is 36.9 Å². The molecule has 2 aromatic rings. The van der Waals surface area contributed by atoms with Gasteiger partial charge in [-0.2, -0.15) is 0 Å². The number of carbonyl (C=O) groups excluding carboxylic acids is 1. The van der Waals surface area contributed by atoms with Gasteiger partial charge in [0.1, 0.15) is 0 Å². The van der Waals surface area contributed by atoms with Crippen LogP contribution in [0.3, 0.4) is 0 Å². The molecule has 1 aliphatic carbocycles. The number of carbonyl (C=O) groups is 2. The lowest BCUT2D eigenvalue weighted by Crippen LogP contribution is -2.60. The summed E-state index contributed by atoms with van der Waals surface area (Å²) in [5.41, 5.74) is 0.512. The Balaban J connectivity index is 1.87. The van der Waals surface area contributed by atoms with Crippen LogP contribution >= 0.6 is 23.2 Å². The van der Waals surface area contributed by atoms with Gasteiger partial charge in [-0.15, -0.1) is 0 Å². The number of nitrogens with one attached hydrogen (secondary N) is 1. The van der Waals surface area contributed by atoms with Gasteiger partial charge in [0.2, 0.25) is 15.9 Å². The summed E-state index contributed by atoms with van der Waals surface area (Å²) in [6.45, 7) is 5.38. The molecule has 1 amide bonds. The maximum absolute atomic E-state index is 14.3. The molecule has 0 radical (unpaired) electrons. The Morgan fingerprint density at radius 2 is 1.79 bits per heavy atom. The molecule has 2 aliphatic rings. The summed E-state index contributed by atoms with van der Waals surface area (Å²) in [5.74, 6) is -1.66. The Bertz CT molecular complexity index is 1300. The number of benzene rings is 2. The van der Waals surface area contributed by atoms with Crippen molar-refractivity contribution in [2.24, 2.45) is 5.41 Å². The van der Waals surface area contributed by atoms with Crippen molar-refractivity contribution < 1.29 is 23.1 Å². The quantitative estimate of drug-likeness (QED) is 0.370. The van der Waals surface area contributed by atoms with Crippen molar-refractivity contribution >= 4 is 45.1 Å². The highest BCUT2D eigenvalue weighted by Gasteiger charge is 2.53. The number of nitrogens with zero attached hydrogens (tertiary/aromatic N) is 1. The summed E-state index contributed by atoms with van der Waals surface area (Å²) in [6.07, 6.45) is 1.67. The average Bonchev–Trinajstić information content (AvgIpc) is 3.68. The van der Waals surface area contributed by atoms with Gasteiger partial charge < -0.3 is 10.0 Å². The number of carboxylic acid groups (broad SMARTS) is 1. The maximum atomic E-state index is 14.3. The maximum Gasteiger partial charge on any atom is 0.304 e. The zero-order chi connectivity index (χ0) is 27.8. The Morgan fingerprint density at radius 1 is 1.13 bits per heavy atom. The predicted octanol–water partition coefficient (Wildman–Crippen LogP) is 5.78. The highest BCUT2D eigenvalue weighted by Crippen LogP contribution is 2.52. The number of aliphatic carboxylic acids is 1. The molecular formula is C28H34Cl2N2O5S. The van der Waals surface area contributed by atoms with Crippen LogP contribution in [0.15, 0.2) is 48.5 Å². The van der Waals surface area contributed by atoms with Crippen molar-refractivity contribution in [1.29, 1.82) is 0 Å². The van der Waals surface area contributed by atoms with Crippen LogP contribution in [-0.4, -0.2) is 47.6 Å². The van der Waals surface area contributed by atoms with Crippen molar-refractivity contribution in [2.75, 3.05) is 0 Å². The molecule has 7 nitrogen and oxygen atoms in total. The lowest BCUT2D eigenvalue weighted by atomic mass is 9.66. The number of amides is 1. The molecule has 2 aromatic carbocycles. The summed E-state index contributed by atoms with van der Waals surface area (Å²) in [5, 5.41) is 10.5. The van der Waals surface area contributed by atoms with Gasteiger partial charge in [-0.3, -0.25) is 9.59 Å². The lowest BCUT2D eigenvalue weighted by Gasteiger charge is -2.53. The number of rotatable bonds is 10. The molecule has 38 heavy (non-hydrogen) atoms. The summed E-state index contributed by atoms with van der Waals surface area (Å²) in [6, 6.07) is 13.1. The first kappa shape index (κ1) is 28.9. The number of sulfonamides is 1. The lowest BCUT2D eigenvalue weighted by molar-refractivity contribution is -0.161. The van der Waals surface area contributed by atoms with Crippen molar-refractivity contribution in [3.8, 4) is 0 Å². The van der Waals surface area contributed by atoms with E-state index < -0.39 is 44.8 Å². The number of hydrogen-bond acceptors (Lipinski definition) is 4. The summed E-state index contributed by atoms with van der Waals surface area (Å²) < 4.78 is 28.5. The highest BCUT2D eigenvalue weighted by atomic mass is 35.5. The first-order valence-corrected chi connectivity index (χ1v) is 15.2. The summed E-state index contributed by atoms with van der Waals surface area (Å²) in [7, 11) is -3.52. The molecule has 5 atom stereocenters. The molecule has 1 saturated heterocycles. The largest absolute Gasteiger partial charge is 0.481 e. The Morgan fingerprint density at radius 3 is 2.34 bits per heavy atom. The van der Waals surface area contributed by atoms with E-state index in [0.29, 0.717) is 35.7 Å². The molecule has 10 heteroatoms. The zero-order valence-corrected chi connectivity index (χ0v) is 24.1. The number of halogens is 2.